The Balaban J connectivity index is 1.73. The summed E-state index contributed by atoms with van der Waals surface area (Å²) >= 11 is 0. The van der Waals surface area contributed by atoms with Crippen LogP contribution < -0.4 is 0 Å². The van der Waals surface area contributed by atoms with Crippen LogP contribution in [0.3, 0.4) is 0 Å². The Labute approximate surface area is 181 Å². The fraction of sp³-hybridized carbons (Fsp3) is 0.818. The molecule has 2 aliphatic heterocycles. The summed E-state index contributed by atoms with van der Waals surface area (Å²) in [6.45, 7) is 8.21. The largest absolute Gasteiger partial charge is 0.465 e. The molecule has 0 amide bonds. The molecular weight excluding hydrogens is 408 g/mol. The van der Waals surface area contributed by atoms with Crippen molar-refractivity contribution in [2.24, 2.45) is 10.8 Å². The molecular formula is C22H32O9. The molecule has 9 heteroatoms. The molecule has 4 aliphatic rings. The summed E-state index contributed by atoms with van der Waals surface area (Å²) in [6.07, 6.45) is -2.43. The monoisotopic (exact) mass is 440 g/mol. The number of rotatable bonds is 5. The Morgan fingerprint density at radius 3 is 2.52 bits per heavy atom. The van der Waals surface area contributed by atoms with E-state index >= 15 is 0 Å². The number of carbonyl (C=O) groups is 2. The number of epoxide rings is 1. The molecule has 3 N–H and O–H groups in total. The van der Waals surface area contributed by atoms with E-state index in [0.717, 1.165) is 5.57 Å². The molecule has 0 aromatic rings. The second-order valence-corrected chi connectivity index (χ2v) is 10.3. The number of esters is 2. The number of hydrogen-bond donors (Lipinski definition) is 3. The lowest BCUT2D eigenvalue weighted by atomic mass is 9.51. The maximum Gasteiger partial charge on any atom is 0.309 e. The van der Waals surface area contributed by atoms with Crippen molar-refractivity contribution in [3.05, 3.63) is 11.6 Å². The first-order chi connectivity index (χ1) is 14.3. The molecule has 8 atom stereocenters. The van der Waals surface area contributed by atoms with Gasteiger partial charge in [-0.3, -0.25) is 9.59 Å². The zero-order chi connectivity index (χ0) is 23.0. The highest BCUT2D eigenvalue weighted by Gasteiger charge is 2.85. The Morgan fingerprint density at radius 1 is 1.32 bits per heavy atom. The summed E-state index contributed by atoms with van der Waals surface area (Å²) in [6, 6.07) is 0. The van der Waals surface area contributed by atoms with Gasteiger partial charge in [-0.25, -0.2) is 0 Å². The number of fused-ring (bicyclic) bond motifs is 2. The topological polar surface area (TPSA) is 135 Å². The third-order valence-electron chi connectivity index (χ3n) is 7.75. The highest BCUT2D eigenvalue weighted by atomic mass is 16.6. The third-order valence-corrected chi connectivity index (χ3v) is 7.75. The number of carbonyl (C=O) groups excluding carboxylic acids is 2. The van der Waals surface area contributed by atoms with Crippen LogP contribution in [0, 0.1) is 10.8 Å². The Kier molecular flexibility index (Phi) is 5.11. The van der Waals surface area contributed by atoms with Crippen LogP contribution in [0.4, 0.5) is 0 Å². The fourth-order valence-electron chi connectivity index (χ4n) is 5.94. The van der Waals surface area contributed by atoms with Crippen LogP contribution >= 0.6 is 0 Å². The highest BCUT2D eigenvalue weighted by molar-refractivity contribution is 5.71. The van der Waals surface area contributed by atoms with Gasteiger partial charge in [0.05, 0.1) is 30.8 Å². The van der Waals surface area contributed by atoms with Crippen LogP contribution in [0.1, 0.15) is 47.5 Å². The molecule has 174 valence electrons. The Hall–Kier alpha value is -1.52. The van der Waals surface area contributed by atoms with Crippen molar-refractivity contribution in [2.45, 2.75) is 89.2 Å². The molecule has 1 saturated carbocycles. The summed E-state index contributed by atoms with van der Waals surface area (Å²) in [5, 5.41) is 31.9. The van der Waals surface area contributed by atoms with E-state index in [9.17, 15) is 24.9 Å². The number of hydrogen-bond acceptors (Lipinski definition) is 9. The molecule has 31 heavy (non-hydrogen) atoms. The van der Waals surface area contributed by atoms with Crippen LogP contribution in [0.5, 0.6) is 0 Å². The quantitative estimate of drug-likeness (QED) is 0.312. The Morgan fingerprint density at radius 2 is 1.97 bits per heavy atom. The van der Waals surface area contributed by atoms with Gasteiger partial charge in [-0.2, -0.15) is 0 Å². The summed E-state index contributed by atoms with van der Waals surface area (Å²) in [5.41, 5.74) is -3.37. The van der Waals surface area contributed by atoms with E-state index in [4.69, 9.17) is 18.9 Å². The molecule has 0 aromatic carbocycles. The van der Waals surface area contributed by atoms with E-state index in [1.54, 1.807) is 0 Å². The fourth-order valence-corrected chi connectivity index (χ4v) is 5.94. The van der Waals surface area contributed by atoms with Crippen LogP contribution in [0.25, 0.3) is 0 Å². The van der Waals surface area contributed by atoms with Crippen molar-refractivity contribution in [2.75, 3.05) is 13.2 Å². The minimum Gasteiger partial charge on any atom is -0.465 e. The van der Waals surface area contributed by atoms with E-state index in [-0.39, 0.29) is 19.4 Å². The average molecular weight is 440 g/mol. The molecule has 3 fully saturated rings. The molecule has 2 heterocycles. The molecule has 2 aliphatic carbocycles. The molecule has 1 spiro atoms. The second-order valence-electron chi connectivity index (χ2n) is 10.3. The highest BCUT2D eigenvalue weighted by Crippen LogP contribution is 2.71. The van der Waals surface area contributed by atoms with Gasteiger partial charge in [-0.15, -0.1) is 0 Å². The SMILES string of the molecule is CC(=O)OC[C@]12C[C@H](OC(=O)CC(C)(C)O)C(C)=C[C@@H]1O[C@@H]1[C@H](O)[C@@H](O)[C@@]2(C)C12CO2. The van der Waals surface area contributed by atoms with Crippen LogP contribution in [0.2, 0.25) is 0 Å². The third kappa shape index (κ3) is 3.16. The molecule has 0 radical (unpaired) electrons. The smallest absolute Gasteiger partial charge is 0.309 e. The van der Waals surface area contributed by atoms with Crippen LogP contribution in [0.15, 0.2) is 11.6 Å². The van der Waals surface area contributed by atoms with E-state index in [1.165, 1.54) is 20.8 Å². The van der Waals surface area contributed by atoms with Gasteiger partial charge < -0.3 is 34.3 Å². The zero-order valence-electron chi connectivity index (χ0n) is 18.6. The lowest BCUT2D eigenvalue weighted by molar-refractivity contribution is -0.239. The minimum atomic E-state index is -1.22. The summed E-state index contributed by atoms with van der Waals surface area (Å²) in [5.74, 6) is -1.05. The molecule has 1 unspecified atom stereocenters. The van der Waals surface area contributed by atoms with Crippen molar-refractivity contribution in [3.8, 4) is 0 Å². The summed E-state index contributed by atoms with van der Waals surface area (Å²) in [4.78, 5) is 24.2. The average Bonchev–Trinajstić information content (AvgIpc) is 3.42. The second kappa shape index (κ2) is 6.99. The Bertz CT molecular complexity index is 810. The molecule has 0 aromatic heterocycles. The maximum atomic E-state index is 12.5. The van der Waals surface area contributed by atoms with Gasteiger partial charge in [0, 0.05) is 24.2 Å². The van der Waals surface area contributed by atoms with Crippen molar-refractivity contribution in [1.29, 1.82) is 0 Å². The van der Waals surface area contributed by atoms with E-state index < -0.39 is 64.5 Å². The first kappa shape index (κ1) is 22.7. The molecule has 2 bridgehead atoms. The normalized spacial score (nSPS) is 45.7. The number of ether oxygens (including phenoxy) is 4. The van der Waals surface area contributed by atoms with E-state index in [0.29, 0.717) is 6.61 Å². The van der Waals surface area contributed by atoms with Crippen LogP contribution in [-0.4, -0.2) is 82.2 Å². The predicted octanol–water partition coefficient (Wildman–Crippen LogP) is 0.237. The van der Waals surface area contributed by atoms with Crippen molar-refractivity contribution in [3.63, 3.8) is 0 Å². The first-order valence-corrected chi connectivity index (χ1v) is 10.7. The summed E-state index contributed by atoms with van der Waals surface area (Å²) in [7, 11) is 0. The number of aliphatic hydroxyl groups excluding tert-OH is 2. The van der Waals surface area contributed by atoms with E-state index in [2.05, 4.69) is 0 Å². The van der Waals surface area contributed by atoms with Crippen LogP contribution in [-0.2, 0) is 28.5 Å². The van der Waals surface area contributed by atoms with Gasteiger partial charge in [0.15, 0.2) is 0 Å². The van der Waals surface area contributed by atoms with Gasteiger partial charge in [-0.1, -0.05) is 13.0 Å². The van der Waals surface area contributed by atoms with Crippen molar-refractivity contribution < 1.29 is 43.9 Å². The van der Waals surface area contributed by atoms with Gasteiger partial charge in [-0.05, 0) is 26.3 Å². The number of aliphatic hydroxyl groups is 3. The molecule has 2 saturated heterocycles. The maximum absolute atomic E-state index is 12.5. The first-order valence-electron chi connectivity index (χ1n) is 10.7. The van der Waals surface area contributed by atoms with Gasteiger partial charge in [0.2, 0.25) is 0 Å². The summed E-state index contributed by atoms with van der Waals surface area (Å²) < 4.78 is 23.2. The van der Waals surface area contributed by atoms with E-state index in [1.807, 2.05) is 19.9 Å². The van der Waals surface area contributed by atoms with Gasteiger partial charge in [0.25, 0.3) is 0 Å². The van der Waals surface area contributed by atoms with Crippen molar-refractivity contribution >= 4 is 11.9 Å². The molecule has 9 nitrogen and oxygen atoms in total. The zero-order valence-corrected chi connectivity index (χ0v) is 18.6. The lowest BCUT2D eigenvalue weighted by Crippen LogP contribution is -2.67. The molecule has 4 rings (SSSR count). The lowest BCUT2D eigenvalue weighted by Gasteiger charge is -2.58. The predicted molar refractivity (Wildman–Crippen MR) is 106 cm³/mol. The standard InChI is InChI=1S/C22H32O9/c1-11-6-14-21(9-28-12(2)23,7-13(11)30-15(24)8-19(3,4)27)20(5)17(26)16(25)18(31-14)22(20)10-29-22/h6,13-14,16-18,25-27H,7-10H2,1-5H3/t13-,14-,16+,17+,18+,20+,21+,22?/m0/s1. The van der Waals surface area contributed by atoms with Gasteiger partial charge >= 0.3 is 11.9 Å². The van der Waals surface area contributed by atoms with Gasteiger partial charge in [0.1, 0.15) is 30.5 Å². The minimum absolute atomic E-state index is 0.0889. The van der Waals surface area contributed by atoms with Crippen molar-refractivity contribution in [1.82, 2.24) is 0 Å².